The number of amides is 2. The SMILES string of the molecule is NCCOc1cnc2ccc(Oc3cccc(NC(=O)Nc4ccc(Cl)c(C(F)(F)F)c4)c3)cc2n1. The molecule has 1 heterocycles. The highest BCUT2D eigenvalue weighted by Gasteiger charge is 2.33. The van der Waals surface area contributed by atoms with Crippen molar-refractivity contribution in [2.24, 2.45) is 5.73 Å². The van der Waals surface area contributed by atoms with Gasteiger partial charge in [0.05, 0.1) is 27.8 Å². The summed E-state index contributed by atoms with van der Waals surface area (Å²) >= 11 is 5.61. The minimum Gasteiger partial charge on any atom is -0.475 e. The average molecular weight is 518 g/mol. The largest absolute Gasteiger partial charge is 0.475 e. The first-order chi connectivity index (χ1) is 17.2. The van der Waals surface area contributed by atoms with E-state index >= 15 is 0 Å². The highest BCUT2D eigenvalue weighted by atomic mass is 35.5. The number of halogens is 4. The Morgan fingerprint density at radius 2 is 1.72 bits per heavy atom. The second-order valence-corrected chi connectivity index (χ2v) is 7.80. The van der Waals surface area contributed by atoms with E-state index in [1.807, 2.05) is 0 Å². The van der Waals surface area contributed by atoms with Crippen molar-refractivity contribution in [2.45, 2.75) is 6.18 Å². The molecule has 0 radical (unpaired) electrons. The number of hydrogen-bond donors (Lipinski definition) is 3. The Kier molecular flexibility index (Phi) is 7.41. The van der Waals surface area contributed by atoms with Gasteiger partial charge >= 0.3 is 12.2 Å². The average Bonchev–Trinajstić information content (AvgIpc) is 2.83. The molecule has 4 N–H and O–H groups in total. The molecular formula is C24H19ClF3N5O3. The topological polar surface area (TPSA) is 111 Å². The molecule has 4 rings (SSSR count). The van der Waals surface area contributed by atoms with Crippen molar-refractivity contribution < 1.29 is 27.4 Å². The van der Waals surface area contributed by atoms with Crippen LogP contribution in [0.3, 0.4) is 0 Å². The maximum absolute atomic E-state index is 13.0. The molecule has 0 aliphatic rings. The van der Waals surface area contributed by atoms with Gasteiger partial charge in [0, 0.05) is 30.1 Å². The number of anilines is 2. The fourth-order valence-electron chi connectivity index (χ4n) is 3.16. The molecule has 3 aromatic carbocycles. The van der Waals surface area contributed by atoms with Gasteiger partial charge < -0.3 is 25.8 Å². The minimum absolute atomic E-state index is 0.0660. The molecule has 12 heteroatoms. The van der Waals surface area contributed by atoms with Crippen molar-refractivity contribution in [1.82, 2.24) is 9.97 Å². The van der Waals surface area contributed by atoms with Crippen LogP contribution in [0.1, 0.15) is 5.56 Å². The molecule has 0 aliphatic carbocycles. The van der Waals surface area contributed by atoms with Crippen molar-refractivity contribution in [3.05, 3.63) is 77.4 Å². The number of carbonyl (C=O) groups is 1. The van der Waals surface area contributed by atoms with Crippen molar-refractivity contribution in [2.75, 3.05) is 23.8 Å². The predicted octanol–water partition coefficient (Wildman–Crippen LogP) is 6.08. The summed E-state index contributed by atoms with van der Waals surface area (Å²) in [6, 6.07) is 14.0. The number of rotatable bonds is 7. The Labute approximate surface area is 208 Å². The van der Waals surface area contributed by atoms with Crippen molar-refractivity contribution in [1.29, 1.82) is 0 Å². The van der Waals surface area contributed by atoms with Gasteiger partial charge in [0.15, 0.2) is 0 Å². The van der Waals surface area contributed by atoms with Crippen LogP contribution in [0.4, 0.5) is 29.3 Å². The molecule has 36 heavy (non-hydrogen) atoms. The lowest BCUT2D eigenvalue weighted by atomic mass is 10.2. The molecule has 0 saturated heterocycles. The number of aromatic nitrogens is 2. The van der Waals surface area contributed by atoms with Gasteiger partial charge in [0.2, 0.25) is 5.88 Å². The van der Waals surface area contributed by atoms with E-state index in [1.54, 1.807) is 42.5 Å². The summed E-state index contributed by atoms with van der Waals surface area (Å²) < 4.78 is 50.4. The lowest BCUT2D eigenvalue weighted by Gasteiger charge is -2.13. The van der Waals surface area contributed by atoms with Crippen molar-refractivity contribution in [3.8, 4) is 17.4 Å². The molecule has 1 aromatic heterocycles. The number of ether oxygens (including phenoxy) is 2. The van der Waals surface area contributed by atoms with E-state index in [2.05, 4.69) is 20.6 Å². The van der Waals surface area contributed by atoms with Crippen LogP contribution in [0.25, 0.3) is 11.0 Å². The second kappa shape index (κ2) is 10.7. The van der Waals surface area contributed by atoms with Gasteiger partial charge in [-0.05, 0) is 42.5 Å². The summed E-state index contributed by atoms with van der Waals surface area (Å²) in [5.41, 5.74) is 5.88. The zero-order chi connectivity index (χ0) is 25.7. The molecule has 0 aliphatic heterocycles. The van der Waals surface area contributed by atoms with Crippen molar-refractivity contribution >= 4 is 40.0 Å². The molecule has 186 valence electrons. The lowest BCUT2D eigenvalue weighted by Crippen LogP contribution is -2.20. The summed E-state index contributed by atoms with van der Waals surface area (Å²) in [7, 11) is 0. The van der Waals surface area contributed by atoms with Gasteiger partial charge in [-0.3, -0.25) is 0 Å². The number of nitrogens with zero attached hydrogens (tertiary/aromatic N) is 2. The molecule has 0 unspecified atom stereocenters. The van der Waals surface area contributed by atoms with Crippen LogP contribution in [0.2, 0.25) is 5.02 Å². The number of nitrogens with one attached hydrogen (secondary N) is 2. The second-order valence-electron chi connectivity index (χ2n) is 7.40. The molecule has 0 bridgehead atoms. The predicted molar refractivity (Wildman–Crippen MR) is 130 cm³/mol. The van der Waals surface area contributed by atoms with Gasteiger partial charge in [-0.25, -0.2) is 14.8 Å². The van der Waals surface area contributed by atoms with Gasteiger partial charge in [-0.15, -0.1) is 0 Å². The van der Waals surface area contributed by atoms with E-state index < -0.39 is 22.8 Å². The molecule has 0 spiro atoms. The first-order valence-electron chi connectivity index (χ1n) is 10.5. The van der Waals surface area contributed by atoms with Crippen LogP contribution in [0.5, 0.6) is 17.4 Å². The number of nitrogens with two attached hydrogens (primary N) is 1. The maximum Gasteiger partial charge on any atom is 0.417 e. The van der Waals surface area contributed by atoms with Gasteiger partial charge in [0.1, 0.15) is 18.1 Å². The Morgan fingerprint density at radius 1 is 0.972 bits per heavy atom. The van der Waals surface area contributed by atoms with Crippen LogP contribution in [-0.2, 0) is 6.18 Å². The highest BCUT2D eigenvalue weighted by molar-refractivity contribution is 6.31. The number of carbonyl (C=O) groups excluding carboxylic acids is 1. The fourth-order valence-corrected chi connectivity index (χ4v) is 3.38. The number of hydrogen-bond acceptors (Lipinski definition) is 6. The third-order valence-electron chi connectivity index (χ3n) is 4.72. The Morgan fingerprint density at radius 3 is 2.47 bits per heavy atom. The first kappa shape index (κ1) is 25.0. The Hall–Kier alpha value is -4.09. The number of alkyl halides is 3. The summed E-state index contributed by atoms with van der Waals surface area (Å²) in [5, 5.41) is 4.45. The summed E-state index contributed by atoms with van der Waals surface area (Å²) in [4.78, 5) is 21.0. The third-order valence-corrected chi connectivity index (χ3v) is 5.05. The summed E-state index contributed by atoms with van der Waals surface area (Å²) in [5.74, 6) is 1.21. The van der Waals surface area contributed by atoms with Crippen LogP contribution in [-0.4, -0.2) is 29.2 Å². The molecule has 0 atom stereocenters. The van der Waals surface area contributed by atoms with E-state index in [9.17, 15) is 18.0 Å². The maximum atomic E-state index is 13.0. The van der Waals surface area contributed by atoms with Gasteiger partial charge in [0.25, 0.3) is 0 Å². The van der Waals surface area contributed by atoms with E-state index in [4.69, 9.17) is 26.8 Å². The van der Waals surface area contributed by atoms with Gasteiger partial charge in [-0.2, -0.15) is 13.2 Å². The quantitative estimate of drug-likeness (QED) is 0.274. The molecule has 0 fully saturated rings. The number of urea groups is 1. The fraction of sp³-hybridized carbons (Fsp3) is 0.125. The molecule has 4 aromatic rings. The van der Waals surface area contributed by atoms with Crippen molar-refractivity contribution in [3.63, 3.8) is 0 Å². The lowest BCUT2D eigenvalue weighted by molar-refractivity contribution is -0.137. The molecule has 2 amide bonds. The van der Waals surface area contributed by atoms with Crippen LogP contribution in [0.15, 0.2) is 66.9 Å². The van der Waals surface area contributed by atoms with E-state index in [1.165, 1.54) is 12.3 Å². The molecule has 8 nitrogen and oxygen atoms in total. The van der Waals surface area contributed by atoms with Crippen LogP contribution in [0, 0.1) is 0 Å². The highest BCUT2D eigenvalue weighted by Crippen LogP contribution is 2.36. The number of fused-ring (bicyclic) bond motifs is 1. The zero-order valence-electron chi connectivity index (χ0n) is 18.5. The summed E-state index contributed by atoms with van der Waals surface area (Å²) in [6.45, 7) is 0.658. The smallest absolute Gasteiger partial charge is 0.417 e. The van der Waals surface area contributed by atoms with Gasteiger partial charge in [-0.1, -0.05) is 17.7 Å². The Balaban J connectivity index is 1.44. The van der Waals surface area contributed by atoms with E-state index in [0.717, 1.165) is 12.1 Å². The zero-order valence-corrected chi connectivity index (χ0v) is 19.2. The minimum atomic E-state index is -4.65. The van der Waals surface area contributed by atoms with Crippen LogP contribution >= 0.6 is 11.6 Å². The normalized spacial score (nSPS) is 11.2. The standard InChI is InChI=1S/C24H19ClF3N5O3/c25-19-6-4-15(11-18(19)24(26,27)28)32-23(34)31-14-2-1-3-16(10-14)36-17-5-7-20-21(12-17)33-22(13-30-20)35-9-8-29/h1-7,10-13H,8-9,29H2,(H2,31,32,34). The van der Waals surface area contributed by atoms with Crippen LogP contribution < -0.4 is 25.8 Å². The third kappa shape index (κ3) is 6.32. The Bertz CT molecular complexity index is 1400. The molecule has 0 saturated carbocycles. The monoisotopic (exact) mass is 517 g/mol. The molecular weight excluding hydrogens is 499 g/mol. The van der Waals surface area contributed by atoms with E-state index in [-0.39, 0.29) is 5.69 Å². The van der Waals surface area contributed by atoms with E-state index in [0.29, 0.717) is 47.3 Å². The summed E-state index contributed by atoms with van der Waals surface area (Å²) in [6.07, 6.45) is -3.14. The first-order valence-corrected chi connectivity index (χ1v) is 10.9. The number of benzene rings is 3.